The average Bonchev–Trinajstić information content (AvgIpc) is 2.78. The minimum atomic E-state index is -0.850. The zero-order valence-electron chi connectivity index (χ0n) is 11.3. The summed E-state index contributed by atoms with van der Waals surface area (Å²) < 4.78 is 0. The smallest absolute Gasteiger partial charge is 0.253 e. The number of hydrogen-bond acceptors (Lipinski definition) is 4. The van der Waals surface area contributed by atoms with Crippen LogP contribution < -0.4 is 5.32 Å². The summed E-state index contributed by atoms with van der Waals surface area (Å²) in [4.78, 5) is 13.7. The Labute approximate surface area is 112 Å². The Bertz CT molecular complexity index is 482. The number of carbonyl (C=O) groups excluding carboxylic acids is 1. The largest absolute Gasteiger partial charge is 0.508 e. The molecule has 1 heterocycles. The van der Waals surface area contributed by atoms with E-state index in [9.17, 15) is 15.0 Å². The number of aliphatic hydroxyl groups is 1. The third kappa shape index (κ3) is 3.05. The Morgan fingerprint density at radius 2 is 2.26 bits per heavy atom. The van der Waals surface area contributed by atoms with E-state index in [-0.39, 0.29) is 18.2 Å². The fourth-order valence-electron chi connectivity index (χ4n) is 2.34. The van der Waals surface area contributed by atoms with Gasteiger partial charge in [0.05, 0.1) is 12.1 Å². The van der Waals surface area contributed by atoms with E-state index in [2.05, 4.69) is 5.32 Å². The van der Waals surface area contributed by atoms with Crippen LogP contribution in [0.5, 0.6) is 5.75 Å². The van der Waals surface area contributed by atoms with Crippen molar-refractivity contribution in [1.82, 2.24) is 10.2 Å². The van der Waals surface area contributed by atoms with Gasteiger partial charge in [-0.05, 0) is 37.6 Å². The van der Waals surface area contributed by atoms with E-state index < -0.39 is 5.60 Å². The lowest BCUT2D eigenvalue weighted by molar-refractivity contribution is 0.0252. The number of nitrogens with one attached hydrogen (secondary N) is 1. The van der Waals surface area contributed by atoms with Crippen molar-refractivity contribution in [2.24, 2.45) is 0 Å². The molecule has 1 aliphatic rings. The molecule has 1 atom stereocenters. The number of aromatic hydroxyl groups is 1. The maximum atomic E-state index is 12.2. The van der Waals surface area contributed by atoms with E-state index in [0.29, 0.717) is 18.5 Å². The van der Waals surface area contributed by atoms with E-state index in [1.807, 2.05) is 0 Å². The molecule has 1 aromatic carbocycles. The van der Waals surface area contributed by atoms with Crippen molar-refractivity contribution in [3.8, 4) is 5.75 Å². The molecule has 2 rings (SSSR count). The van der Waals surface area contributed by atoms with Crippen LogP contribution in [0.3, 0.4) is 0 Å². The molecular formula is C14H20N2O3. The summed E-state index contributed by atoms with van der Waals surface area (Å²) >= 11 is 0. The molecule has 0 bridgehead atoms. The van der Waals surface area contributed by atoms with Gasteiger partial charge in [0.25, 0.3) is 5.91 Å². The van der Waals surface area contributed by atoms with E-state index >= 15 is 0 Å². The predicted octanol–water partition coefficient (Wildman–Crippen LogP) is 0.497. The van der Waals surface area contributed by atoms with Crippen molar-refractivity contribution in [2.45, 2.75) is 18.9 Å². The van der Waals surface area contributed by atoms with Crippen LogP contribution in [0.15, 0.2) is 18.2 Å². The molecule has 5 nitrogen and oxygen atoms in total. The van der Waals surface area contributed by atoms with Crippen molar-refractivity contribution in [1.29, 1.82) is 0 Å². The maximum Gasteiger partial charge on any atom is 0.253 e. The first-order chi connectivity index (χ1) is 8.91. The molecule has 1 unspecified atom stereocenters. The molecule has 0 spiro atoms. The summed E-state index contributed by atoms with van der Waals surface area (Å²) in [5.41, 5.74) is 0.315. The lowest BCUT2D eigenvalue weighted by Crippen LogP contribution is -2.45. The third-order valence-corrected chi connectivity index (χ3v) is 3.56. The zero-order chi connectivity index (χ0) is 14.0. The number of nitrogens with zero attached hydrogens (tertiary/aromatic N) is 1. The summed E-state index contributed by atoms with van der Waals surface area (Å²) in [6.07, 6.45) is 0.643. The first-order valence-electron chi connectivity index (χ1n) is 6.39. The van der Waals surface area contributed by atoms with Gasteiger partial charge in [-0.2, -0.15) is 0 Å². The number of benzene rings is 1. The second kappa shape index (κ2) is 5.19. The lowest BCUT2D eigenvalue weighted by atomic mass is 10.0. The van der Waals surface area contributed by atoms with Crippen LogP contribution in [0.25, 0.3) is 0 Å². The molecule has 1 aromatic rings. The van der Waals surface area contributed by atoms with Gasteiger partial charge < -0.3 is 20.4 Å². The summed E-state index contributed by atoms with van der Waals surface area (Å²) in [6.45, 7) is 3.33. The molecular weight excluding hydrogens is 244 g/mol. The molecule has 0 saturated carbocycles. The van der Waals surface area contributed by atoms with Crippen LogP contribution in [-0.2, 0) is 0 Å². The molecule has 104 valence electrons. The molecule has 3 N–H and O–H groups in total. The average molecular weight is 264 g/mol. The van der Waals surface area contributed by atoms with Crippen LogP contribution in [0.2, 0.25) is 0 Å². The Morgan fingerprint density at radius 3 is 2.84 bits per heavy atom. The molecule has 0 aliphatic carbocycles. The first-order valence-corrected chi connectivity index (χ1v) is 6.39. The number of amides is 1. The second-order valence-corrected chi connectivity index (χ2v) is 5.31. The highest BCUT2D eigenvalue weighted by molar-refractivity contribution is 5.94. The van der Waals surface area contributed by atoms with Crippen molar-refractivity contribution in [2.75, 3.05) is 26.7 Å². The number of likely N-dealkylation sites (N-methyl/N-ethyl adjacent to an activating group) is 1. The Hall–Kier alpha value is -1.59. The summed E-state index contributed by atoms with van der Waals surface area (Å²) in [5, 5.41) is 23.0. The van der Waals surface area contributed by atoms with Crippen LogP contribution in [0.1, 0.15) is 22.3 Å². The third-order valence-electron chi connectivity index (χ3n) is 3.56. The lowest BCUT2D eigenvalue weighted by Gasteiger charge is -2.28. The van der Waals surface area contributed by atoms with Crippen molar-refractivity contribution in [3.63, 3.8) is 0 Å². The van der Waals surface area contributed by atoms with Gasteiger partial charge in [-0.15, -0.1) is 0 Å². The van der Waals surface area contributed by atoms with Gasteiger partial charge in [0.15, 0.2) is 0 Å². The second-order valence-electron chi connectivity index (χ2n) is 5.31. The predicted molar refractivity (Wildman–Crippen MR) is 72.2 cm³/mol. The highest BCUT2D eigenvalue weighted by Gasteiger charge is 2.33. The van der Waals surface area contributed by atoms with Crippen molar-refractivity contribution in [3.05, 3.63) is 29.3 Å². The Kier molecular flexibility index (Phi) is 3.78. The van der Waals surface area contributed by atoms with E-state index in [4.69, 9.17) is 0 Å². The normalized spacial score (nSPS) is 22.5. The fourth-order valence-corrected chi connectivity index (χ4v) is 2.34. The monoisotopic (exact) mass is 264 g/mol. The number of hydrogen-bond donors (Lipinski definition) is 3. The number of phenolic OH excluding ortho intramolecular Hbond substituents is 1. The highest BCUT2D eigenvalue weighted by atomic mass is 16.3. The minimum Gasteiger partial charge on any atom is -0.508 e. The van der Waals surface area contributed by atoms with E-state index in [1.54, 1.807) is 26.1 Å². The van der Waals surface area contributed by atoms with E-state index in [1.165, 1.54) is 11.0 Å². The molecule has 19 heavy (non-hydrogen) atoms. The molecule has 1 saturated heterocycles. The molecule has 0 aromatic heterocycles. The Balaban J connectivity index is 2.08. The van der Waals surface area contributed by atoms with Gasteiger partial charge in [-0.3, -0.25) is 4.79 Å². The summed E-state index contributed by atoms with van der Waals surface area (Å²) in [7, 11) is 1.66. The van der Waals surface area contributed by atoms with Gasteiger partial charge in [0.1, 0.15) is 5.75 Å². The first kappa shape index (κ1) is 13.8. The van der Waals surface area contributed by atoms with Gasteiger partial charge >= 0.3 is 0 Å². The fraction of sp³-hybridized carbons (Fsp3) is 0.500. The Morgan fingerprint density at radius 1 is 1.53 bits per heavy atom. The van der Waals surface area contributed by atoms with Crippen LogP contribution >= 0.6 is 0 Å². The summed E-state index contributed by atoms with van der Waals surface area (Å²) in [5.74, 6) is -0.0869. The number of β-amino-alcohol motifs (C(OH)–C–C–N with tert-alkyl or cyclic N) is 1. The maximum absolute atomic E-state index is 12.2. The van der Waals surface area contributed by atoms with Gasteiger partial charge in [-0.25, -0.2) is 0 Å². The SMILES string of the molecule is Cc1ccc(C(=O)N(C)CC2(O)CCNC2)cc1O. The molecule has 5 heteroatoms. The van der Waals surface area contributed by atoms with E-state index in [0.717, 1.165) is 12.1 Å². The van der Waals surface area contributed by atoms with Crippen LogP contribution in [0, 0.1) is 6.92 Å². The van der Waals surface area contributed by atoms with Crippen molar-refractivity contribution < 1.29 is 15.0 Å². The topological polar surface area (TPSA) is 72.8 Å². The number of rotatable bonds is 3. The summed E-state index contributed by atoms with van der Waals surface area (Å²) in [6, 6.07) is 4.86. The minimum absolute atomic E-state index is 0.112. The van der Waals surface area contributed by atoms with Crippen LogP contribution in [-0.4, -0.2) is 53.3 Å². The highest BCUT2D eigenvalue weighted by Crippen LogP contribution is 2.20. The van der Waals surface area contributed by atoms with Crippen LogP contribution in [0.4, 0.5) is 0 Å². The molecule has 1 amide bonds. The van der Waals surface area contributed by atoms with Crippen molar-refractivity contribution >= 4 is 5.91 Å². The molecule has 1 aliphatic heterocycles. The van der Waals surface area contributed by atoms with Gasteiger partial charge in [0.2, 0.25) is 0 Å². The standard InChI is InChI=1S/C14H20N2O3/c1-10-3-4-11(7-12(10)17)13(18)16(2)9-14(19)5-6-15-8-14/h3-4,7,15,17,19H,5-6,8-9H2,1-2H3. The number of carbonyl (C=O) groups is 1. The van der Waals surface area contributed by atoms with Gasteiger partial charge in [-0.1, -0.05) is 6.07 Å². The quantitative estimate of drug-likeness (QED) is 0.743. The molecule has 1 fully saturated rings. The van der Waals surface area contributed by atoms with Gasteiger partial charge in [0, 0.05) is 19.2 Å². The number of aryl methyl sites for hydroxylation is 1. The zero-order valence-corrected chi connectivity index (χ0v) is 11.3. The number of phenols is 1. The molecule has 0 radical (unpaired) electrons.